The number of amides is 1. The van der Waals surface area contributed by atoms with Crippen molar-refractivity contribution in [2.45, 2.75) is 26.4 Å². The molecule has 0 bridgehead atoms. The van der Waals surface area contributed by atoms with Crippen LogP contribution in [0.3, 0.4) is 0 Å². The minimum absolute atomic E-state index is 0.366. The second-order valence-corrected chi connectivity index (χ2v) is 2.88. The number of primary amides is 1. The van der Waals surface area contributed by atoms with Gasteiger partial charge in [-0.15, -0.1) is 0 Å². The van der Waals surface area contributed by atoms with Gasteiger partial charge in [0.15, 0.2) is 0 Å². The van der Waals surface area contributed by atoms with Gasteiger partial charge in [-0.3, -0.25) is 0 Å². The van der Waals surface area contributed by atoms with E-state index < -0.39 is 11.7 Å². The molecule has 0 aromatic rings. The lowest BCUT2D eigenvalue weighted by molar-refractivity contribution is 0.0214. The topological polar surface area (TPSA) is 76.1 Å². The van der Waals surface area contributed by atoms with Crippen LogP contribution in [0.25, 0.3) is 0 Å². The molecule has 4 nitrogen and oxygen atoms in total. The van der Waals surface area contributed by atoms with E-state index in [4.69, 9.17) is 15.7 Å². The second kappa shape index (κ2) is 3.24. The summed E-state index contributed by atoms with van der Waals surface area (Å²) in [6.07, 6.45) is -0.850. The highest BCUT2D eigenvalue weighted by Crippen LogP contribution is 2.19. The van der Waals surface area contributed by atoms with Crippen LogP contribution >= 0.6 is 0 Å². The highest BCUT2D eigenvalue weighted by Gasteiger charge is 2.29. The number of hydrogen-bond acceptors (Lipinski definition) is 3. The minimum Gasteiger partial charge on any atom is -0.442 e. The quantitative estimate of drug-likeness (QED) is 0.648. The minimum atomic E-state index is -0.850. The first kappa shape index (κ1) is 9.76. The first-order chi connectivity index (χ1) is 4.90. The van der Waals surface area contributed by atoms with Gasteiger partial charge in [0.25, 0.3) is 0 Å². The van der Waals surface area contributed by atoms with Crippen LogP contribution in [-0.2, 0) is 4.74 Å². The Morgan fingerprint density at radius 1 is 1.73 bits per heavy atom. The van der Waals surface area contributed by atoms with Crippen molar-refractivity contribution < 1.29 is 9.53 Å². The smallest absolute Gasteiger partial charge is 0.405 e. The zero-order chi connectivity index (χ0) is 9.07. The molecule has 0 rings (SSSR count). The van der Waals surface area contributed by atoms with Gasteiger partial charge in [0, 0.05) is 0 Å². The molecule has 0 aromatic carbocycles. The Balaban J connectivity index is 4.23. The molecule has 0 heterocycles. The lowest BCUT2D eigenvalue weighted by atomic mass is 9.94. The number of ether oxygens (including phenoxy) is 1. The van der Waals surface area contributed by atoms with Crippen LogP contribution in [0.1, 0.15) is 20.8 Å². The van der Waals surface area contributed by atoms with Gasteiger partial charge < -0.3 is 10.5 Å². The van der Waals surface area contributed by atoms with Crippen LogP contribution in [0, 0.1) is 17.2 Å². The highest BCUT2D eigenvalue weighted by atomic mass is 16.6. The van der Waals surface area contributed by atoms with Crippen molar-refractivity contribution in [3.8, 4) is 6.07 Å². The summed E-state index contributed by atoms with van der Waals surface area (Å²) < 4.78 is 4.71. The van der Waals surface area contributed by atoms with Crippen molar-refractivity contribution in [1.29, 1.82) is 5.26 Å². The molecule has 1 amide bonds. The molecule has 0 aromatic heterocycles. The van der Waals surface area contributed by atoms with E-state index in [9.17, 15) is 4.79 Å². The Labute approximate surface area is 65.9 Å². The van der Waals surface area contributed by atoms with Gasteiger partial charge in [-0.2, -0.15) is 5.26 Å². The van der Waals surface area contributed by atoms with E-state index in [0.29, 0.717) is 0 Å². The first-order valence-electron chi connectivity index (χ1n) is 3.28. The summed E-state index contributed by atoms with van der Waals surface area (Å²) in [4.78, 5) is 10.3. The molecule has 0 saturated heterocycles. The molecule has 62 valence electrons. The second-order valence-electron chi connectivity index (χ2n) is 2.88. The van der Waals surface area contributed by atoms with Crippen molar-refractivity contribution in [3.63, 3.8) is 0 Å². The standard InChI is InChI=1S/C7H12N2O2/c1-5(4-8)7(2,3)11-6(9)10/h5H,1-3H3,(H2,9,10). The SMILES string of the molecule is CC(C#N)C(C)(C)OC(N)=O. The molecule has 0 aliphatic heterocycles. The summed E-state index contributed by atoms with van der Waals surface area (Å²) in [5.74, 6) is -0.366. The third-order valence-corrected chi connectivity index (χ3v) is 1.60. The van der Waals surface area contributed by atoms with E-state index in [0.717, 1.165) is 0 Å². The van der Waals surface area contributed by atoms with Gasteiger partial charge in [-0.1, -0.05) is 0 Å². The summed E-state index contributed by atoms with van der Waals surface area (Å²) >= 11 is 0. The molecule has 2 N–H and O–H groups in total. The summed E-state index contributed by atoms with van der Waals surface area (Å²) in [5, 5.41) is 8.50. The van der Waals surface area contributed by atoms with Crippen LogP contribution in [0.4, 0.5) is 4.79 Å². The Bertz CT molecular complexity index is 193. The molecule has 0 saturated carbocycles. The Morgan fingerprint density at radius 2 is 2.18 bits per heavy atom. The molecule has 0 aliphatic carbocycles. The zero-order valence-electron chi connectivity index (χ0n) is 6.92. The number of carbonyl (C=O) groups excluding carboxylic acids is 1. The maximum Gasteiger partial charge on any atom is 0.405 e. The fourth-order valence-electron chi connectivity index (χ4n) is 0.503. The maximum absolute atomic E-state index is 10.3. The van der Waals surface area contributed by atoms with Gasteiger partial charge in [0.2, 0.25) is 0 Å². The average Bonchev–Trinajstić information content (AvgIpc) is 1.83. The van der Waals surface area contributed by atoms with Crippen LogP contribution < -0.4 is 5.73 Å². The molecule has 0 spiro atoms. The van der Waals surface area contributed by atoms with E-state index in [2.05, 4.69) is 0 Å². The number of nitriles is 1. The third kappa shape index (κ3) is 2.89. The van der Waals surface area contributed by atoms with Gasteiger partial charge in [0.1, 0.15) is 5.60 Å². The fourth-order valence-corrected chi connectivity index (χ4v) is 0.503. The lowest BCUT2D eigenvalue weighted by Crippen LogP contribution is -2.36. The molecule has 0 aliphatic rings. The normalized spacial score (nSPS) is 13.3. The van der Waals surface area contributed by atoms with Gasteiger partial charge in [-0.05, 0) is 20.8 Å². The predicted octanol–water partition coefficient (Wildman–Crippen LogP) is 1.02. The van der Waals surface area contributed by atoms with Crippen molar-refractivity contribution in [3.05, 3.63) is 0 Å². The van der Waals surface area contributed by atoms with Crippen LogP contribution in [0.15, 0.2) is 0 Å². The molecular weight excluding hydrogens is 144 g/mol. The molecule has 0 fully saturated rings. The number of hydrogen-bond donors (Lipinski definition) is 1. The van der Waals surface area contributed by atoms with Crippen LogP contribution in [0.5, 0.6) is 0 Å². The van der Waals surface area contributed by atoms with Gasteiger partial charge >= 0.3 is 6.09 Å². The van der Waals surface area contributed by atoms with Crippen LogP contribution in [-0.4, -0.2) is 11.7 Å². The van der Waals surface area contributed by atoms with E-state index in [1.54, 1.807) is 20.8 Å². The average molecular weight is 156 g/mol. The number of nitrogens with two attached hydrogens (primary N) is 1. The van der Waals surface area contributed by atoms with Gasteiger partial charge in [-0.25, -0.2) is 4.79 Å². The van der Waals surface area contributed by atoms with Crippen LogP contribution in [0.2, 0.25) is 0 Å². The molecule has 4 heteroatoms. The molecular formula is C7H12N2O2. The largest absolute Gasteiger partial charge is 0.442 e. The summed E-state index contributed by atoms with van der Waals surface area (Å²) in [5.41, 5.74) is 4.00. The Morgan fingerprint density at radius 3 is 2.45 bits per heavy atom. The summed E-state index contributed by atoms with van der Waals surface area (Å²) in [7, 11) is 0. The molecule has 1 atom stereocenters. The summed E-state index contributed by atoms with van der Waals surface area (Å²) in [6.45, 7) is 4.96. The molecule has 1 unspecified atom stereocenters. The van der Waals surface area contributed by atoms with Crippen molar-refractivity contribution in [2.24, 2.45) is 11.7 Å². The zero-order valence-corrected chi connectivity index (χ0v) is 6.92. The van der Waals surface area contributed by atoms with Gasteiger partial charge in [0.05, 0.1) is 12.0 Å². The van der Waals surface area contributed by atoms with E-state index in [1.807, 2.05) is 6.07 Å². The van der Waals surface area contributed by atoms with E-state index in [1.165, 1.54) is 0 Å². The number of rotatable bonds is 2. The maximum atomic E-state index is 10.3. The number of nitrogens with zero attached hydrogens (tertiary/aromatic N) is 1. The number of carbonyl (C=O) groups is 1. The predicted molar refractivity (Wildman–Crippen MR) is 39.5 cm³/mol. The van der Waals surface area contributed by atoms with Crippen molar-refractivity contribution in [2.75, 3.05) is 0 Å². The molecule has 0 radical (unpaired) electrons. The van der Waals surface area contributed by atoms with Crippen molar-refractivity contribution >= 4 is 6.09 Å². The fraction of sp³-hybridized carbons (Fsp3) is 0.714. The Hall–Kier alpha value is -1.24. The summed E-state index contributed by atoms with van der Waals surface area (Å²) in [6, 6.07) is 1.98. The van der Waals surface area contributed by atoms with E-state index in [-0.39, 0.29) is 5.92 Å². The third-order valence-electron chi connectivity index (χ3n) is 1.60. The lowest BCUT2D eigenvalue weighted by Gasteiger charge is -2.25. The van der Waals surface area contributed by atoms with Crippen molar-refractivity contribution in [1.82, 2.24) is 0 Å². The first-order valence-corrected chi connectivity index (χ1v) is 3.28. The molecule has 11 heavy (non-hydrogen) atoms. The Kier molecular flexibility index (Phi) is 2.87. The monoisotopic (exact) mass is 156 g/mol. The highest BCUT2D eigenvalue weighted by molar-refractivity contribution is 5.65. The van der Waals surface area contributed by atoms with E-state index >= 15 is 0 Å².